The molecule has 9 nitrogen and oxygen atoms in total. The highest BCUT2D eigenvalue weighted by molar-refractivity contribution is 5.71. The Balaban J connectivity index is 1.36. The highest BCUT2D eigenvalue weighted by Crippen LogP contribution is 2.33. The molecule has 180 valence electrons. The fraction of sp³-hybridized carbons (Fsp3) is 0.111. The maximum Gasteiger partial charge on any atom is 0.232 e. The summed E-state index contributed by atoms with van der Waals surface area (Å²) >= 11 is 0. The molecule has 0 saturated heterocycles. The number of rotatable bonds is 10. The van der Waals surface area contributed by atoms with Gasteiger partial charge in [-0.3, -0.25) is 0 Å². The van der Waals surface area contributed by atoms with E-state index in [4.69, 9.17) is 13.9 Å². The summed E-state index contributed by atoms with van der Waals surface area (Å²) in [6, 6.07) is 25.0. The monoisotopic (exact) mass is 480 g/mol. The number of aromatic nitrogens is 4. The third-order valence-corrected chi connectivity index (χ3v) is 5.22. The van der Waals surface area contributed by atoms with E-state index in [1.54, 1.807) is 13.3 Å². The van der Waals surface area contributed by atoms with E-state index in [1.165, 1.54) is 6.39 Å². The Bertz CT molecular complexity index is 1400. The van der Waals surface area contributed by atoms with Gasteiger partial charge in [-0.1, -0.05) is 48.5 Å². The molecule has 5 rings (SSSR count). The van der Waals surface area contributed by atoms with Crippen molar-refractivity contribution in [1.29, 1.82) is 0 Å². The standard InChI is InChI=1S/C27H24N6O3/c1-34-23-16-20(12-13-22(23)24-17-28-18-36-24)30-27-32-25(19-8-4-2-5-9-19)31-26(33-27)29-14-15-35-21-10-6-3-7-11-21/h2-13,16-18H,14-15H2,1H3,(H2,29,30,31,32,33). The van der Waals surface area contributed by atoms with Gasteiger partial charge in [-0.15, -0.1) is 0 Å². The molecule has 0 aliphatic heterocycles. The Kier molecular flexibility index (Phi) is 6.98. The zero-order valence-electron chi connectivity index (χ0n) is 19.6. The molecule has 5 aromatic rings. The normalized spacial score (nSPS) is 10.6. The van der Waals surface area contributed by atoms with E-state index in [0.717, 1.165) is 22.6 Å². The molecule has 0 spiro atoms. The van der Waals surface area contributed by atoms with Crippen molar-refractivity contribution in [3.05, 3.63) is 91.5 Å². The zero-order valence-corrected chi connectivity index (χ0v) is 19.6. The Labute approximate surface area is 208 Å². The van der Waals surface area contributed by atoms with Gasteiger partial charge in [-0.2, -0.15) is 15.0 Å². The number of methoxy groups -OCH3 is 1. The zero-order chi connectivity index (χ0) is 24.6. The molecule has 9 heteroatoms. The molecule has 36 heavy (non-hydrogen) atoms. The lowest BCUT2D eigenvalue weighted by Gasteiger charge is -2.13. The minimum atomic E-state index is 0.393. The summed E-state index contributed by atoms with van der Waals surface area (Å²) in [4.78, 5) is 17.8. The summed E-state index contributed by atoms with van der Waals surface area (Å²) < 4.78 is 16.7. The number of benzene rings is 3. The number of nitrogens with one attached hydrogen (secondary N) is 2. The largest absolute Gasteiger partial charge is 0.496 e. The van der Waals surface area contributed by atoms with Gasteiger partial charge in [0.15, 0.2) is 18.0 Å². The van der Waals surface area contributed by atoms with Crippen LogP contribution in [0, 0.1) is 0 Å². The van der Waals surface area contributed by atoms with Gasteiger partial charge in [0, 0.05) is 17.3 Å². The summed E-state index contributed by atoms with van der Waals surface area (Å²) in [5.74, 6) is 3.44. The van der Waals surface area contributed by atoms with Crippen molar-refractivity contribution >= 4 is 17.6 Å². The van der Waals surface area contributed by atoms with Gasteiger partial charge in [-0.05, 0) is 24.3 Å². The van der Waals surface area contributed by atoms with E-state index in [1.807, 2.05) is 78.9 Å². The van der Waals surface area contributed by atoms with Gasteiger partial charge in [0.1, 0.15) is 18.1 Å². The number of nitrogens with zero attached hydrogens (tertiary/aromatic N) is 4. The molecule has 0 aliphatic rings. The molecule has 0 saturated carbocycles. The van der Waals surface area contributed by atoms with Crippen LogP contribution in [0.3, 0.4) is 0 Å². The van der Waals surface area contributed by atoms with Crippen molar-refractivity contribution in [2.45, 2.75) is 0 Å². The van der Waals surface area contributed by atoms with E-state index in [-0.39, 0.29) is 0 Å². The topological polar surface area (TPSA) is 107 Å². The maximum absolute atomic E-state index is 5.76. The first-order valence-corrected chi connectivity index (χ1v) is 11.4. The number of hydrogen-bond donors (Lipinski definition) is 2. The van der Waals surface area contributed by atoms with Crippen LogP contribution in [0.5, 0.6) is 11.5 Å². The molecular formula is C27H24N6O3. The molecule has 0 fully saturated rings. The van der Waals surface area contributed by atoms with Crippen LogP contribution in [-0.2, 0) is 0 Å². The van der Waals surface area contributed by atoms with E-state index >= 15 is 0 Å². The Morgan fingerprint density at radius 3 is 2.39 bits per heavy atom. The van der Waals surface area contributed by atoms with E-state index in [2.05, 4.69) is 30.6 Å². The second kappa shape index (κ2) is 11.0. The first-order valence-electron chi connectivity index (χ1n) is 11.4. The Hall–Kier alpha value is -4.92. The van der Waals surface area contributed by atoms with Crippen molar-refractivity contribution in [2.24, 2.45) is 0 Å². The van der Waals surface area contributed by atoms with Crippen LogP contribution in [0.4, 0.5) is 17.6 Å². The fourth-order valence-electron chi connectivity index (χ4n) is 3.53. The highest BCUT2D eigenvalue weighted by atomic mass is 16.5. The van der Waals surface area contributed by atoms with Gasteiger partial charge >= 0.3 is 0 Å². The van der Waals surface area contributed by atoms with Crippen molar-refractivity contribution in [3.63, 3.8) is 0 Å². The van der Waals surface area contributed by atoms with Crippen LogP contribution in [0.25, 0.3) is 22.7 Å². The predicted octanol–water partition coefficient (Wildman–Crippen LogP) is 5.44. The van der Waals surface area contributed by atoms with Crippen LogP contribution in [0.2, 0.25) is 0 Å². The van der Waals surface area contributed by atoms with Crippen molar-refractivity contribution in [3.8, 4) is 34.2 Å². The number of hydrogen-bond acceptors (Lipinski definition) is 9. The van der Waals surface area contributed by atoms with Crippen LogP contribution in [0.1, 0.15) is 0 Å². The van der Waals surface area contributed by atoms with Gasteiger partial charge in [0.2, 0.25) is 11.9 Å². The van der Waals surface area contributed by atoms with Gasteiger partial charge in [-0.25, -0.2) is 4.98 Å². The molecular weight excluding hydrogens is 456 g/mol. The van der Waals surface area contributed by atoms with Crippen molar-refractivity contribution in [1.82, 2.24) is 19.9 Å². The second-order valence-corrected chi connectivity index (χ2v) is 7.67. The predicted molar refractivity (Wildman–Crippen MR) is 137 cm³/mol. The molecule has 2 N–H and O–H groups in total. The summed E-state index contributed by atoms with van der Waals surface area (Å²) in [5.41, 5.74) is 2.42. The summed E-state index contributed by atoms with van der Waals surface area (Å²) in [6.07, 6.45) is 3.03. The smallest absolute Gasteiger partial charge is 0.232 e. The Morgan fingerprint density at radius 1 is 0.861 bits per heavy atom. The summed E-state index contributed by atoms with van der Waals surface area (Å²) in [6.45, 7) is 0.978. The molecule has 0 aliphatic carbocycles. The van der Waals surface area contributed by atoms with Crippen LogP contribution in [-0.4, -0.2) is 40.2 Å². The highest BCUT2D eigenvalue weighted by Gasteiger charge is 2.13. The van der Waals surface area contributed by atoms with Crippen LogP contribution >= 0.6 is 0 Å². The molecule has 0 atom stereocenters. The average Bonchev–Trinajstić information content (AvgIpc) is 3.47. The third-order valence-electron chi connectivity index (χ3n) is 5.22. The minimum absolute atomic E-state index is 0.393. The number of ether oxygens (including phenoxy) is 2. The molecule has 0 bridgehead atoms. The van der Waals surface area contributed by atoms with Crippen molar-refractivity contribution < 1.29 is 13.9 Å². The van der Waals surface area contributed by atoms with E-state index in [0.29, 0.717) is 42.4 Å². The van der Waals surface area contributed by atoms with E-state index < -0.39 is 0 Å². The average molecular weight is 481 g/mol. The SMILES string of the molecule is COc1cc(Nc2nc(NCCOc3ccccc3)nc(-c3ccccc3)n2)ccc1-c1cnco1. The molecule has 2 heterocycles. The van der Waals surface area contributed by atoms with Crippen molar-refractivity contribution in [2.75, 3.05) is 30.9 Å². The van der Waals surface area contributed by atoms with Gasteiger partial charge in [0.25, 0.3) is 0 Å². The lowest BCUT2D eigenvalue weighted by Crippen LogP contribution is -2.14. The summed E-state index contributed by atoms with van der Waals surface area (Å²) in [5, 5.41) is 6.49. The second-order valence-electron chi connectivity index (χ2n) is 7.67. The lowest BCUT2D eigenvalue weighted by atomic mass is 10.1. The van der Waals surface area contributed by atoms with E-state index in [9.17, 15) is 0 Å². The molecule has 2 aromatic heterocycles. The van der Waals surface area contributed by atoms with Gasteiger partial charge in [0.05, 0.1) is 25.4 Å². The quantitative estimate of drug-likeness (QED) is 0.253. The number of oxazole rings is 1. The molecule has 0 unspecified atom stereocenters. The first-order chi connectivity index (χ1) is 17.8. The minimum Gasteiger partial charge on any atom is -0.496 e. The first kappa shape index (κ1) is 22.9. The summed E-state index contributed by atoms with van der Waals surface area (Å²) in [7, 11) is 1.61. The number of para-hydroxylation sites is 1. The third kappa shape index (κ3) is 5.58. The van der Waals surface area contributed by atoms with Gasteiger partial charge < -0.3 is 24.5 Å². The van der Waals surface area contributed by atoms with Crippen LogP contribution < -0.4 is 20.1 Å². The molecule has 0 amide bonds. The Morgan fingerprint density at radius 2 is 1.64 bits per heavy atom. The van der Waals surface area contributed by atoms with Crippen LogP contribution in [0.15, 0.2) is 95.9 Å². The molecule has 0 radical (unpaired) electrons. The lowest BCUT2D eigenvalue weighted by molar-refractivity contribution is 0.332. The number of anilines is 3. The fourth-order valence-corrected chi connectivity index (χ4v) is 3.53. The maximum atomic E-state index is 5.76. The molecule has 3 aromatic carbocycles.